The second kappa shape index (κ2) is 8.71. The van der Waals surface area contributed by atoms with Crippen LogP contribution in [0.4, 0.5) is 0 Å². The van der Waals surface area contributed by atoms with Crippen molar-refractivity contribution >= 4 is 29.7 Å². The molecule has 1 aromatic heterocycles. The molecule has 21 heavy (non-hydrogen) atoms. The van der Waals surface area contributed by atoms with E-state index >= 15 is 0 Å². The minimum Gasteiger partial charge on any atom is -0.348 e. The van der Waals surface area contributed by atoms with Crippen LogP contribution in [-0.2, 0) is 24.2 Å². The van der Waals surface area contributed by atoms with Gasteiger partial charge in [0.1, 0.15) is 10.0 Å². The molecule has 7 heteroatoms. The number of amides is 1. The number of nitrogens with zero attached hydrogens (tertiary/aromatic N) is 2. The van der Waals surface area contributed by atoms with E-state index in [-0.39, 0.29) is 18.3 Å². The smallest absolute Gasteiger partial charge is 0.237 e. The van der Waals surface area contributed by atoms with E-state index in [2.05, 4.69) is 15.5 Å². The van der Waals surface area contributed by atoms with Crippen molar-refractivity contribution in [3.63, 3.8) is 0 Å². The van der Waals surface area contributed by atoms with Crippen LogP contribution in [0.3, 0.4) is 0 Å². The summed E-state index contributed by atoms with van der Waals surface area (Å²) in [5.41, 5.74) is 6.96. The number of nitrogens with two attached hydrogens (primary N) is 1. The second-order valence-electron chi connectivity index (χ2n) is 4.46. The van der Waals surface area contributed by atoms with Crippen LogP contribution in [0.5, 0.6) is 0 Å². The largest absolute Gasteiger partial charge is 0.348 e. The highest BCUT2D eigenvalue weighted by Gasteiger charge is 2.14. The number of hydrogen-bond acceptors (Lipinski definition) is 5. The van der Waals surface area contributed by atoms with Gasteiger partial charge >= 0.3 is 0 Å². The predicted octanol–water partition coefficient (Wildman–Crippen LogP) is 1.71. The molecule has 1 aromatic carbocycles. The van der Waals surface area contributed by atoms with Crippen LogP contribution in [0.25, 0.3) is 0 Å². The van der Waals surface area contributed by atoms with Crippen LogP contribution in [0.2, 0.25) is 0 Å². The highest BCUT2D eigenvalue weighted by molar-refractivity contribution is 7.11. The number of halogens is 1. The fraction of sp³-hybridized carbons (Fsp3) is 0.357. The second-order valence-corrected chi connectivity index (χ2v) is 5.60. The fourth-order valence-corrected chi connectivity index (χ4v) is 2.48. The first-order chi connectivity index (χ1) is 9.69. The van der Waals surface area contributed by atoms with Gasteiger partial charge in [-0.1, -0.05) is 48.6 Å². The SMILES string of the molecule is CCc1nnc(CNC(=O)[C@@H](N)Cc2ccccc2)s1.Cl. The van der Waals surface area contributed by atoms with Gasteiger partial charge in [-0.15, -0.1) is 22.6 Å². The van der Waals surface area contributed by atoms with E-state index in [0.29, 0.717) is 13.0 Å². The number of aromatic nitrogens is 2. The van der Waals surface area contributed by atoms with Crippen LogP contribution in [0.1, 0.15) is 22.5 Å². The molecule has 0 spiro atoms. The Balaban J connectivity index is 0.00000220. The lowest BCUT2D eigenvalue weighted by atomic mass is 10.1. The molecule has 0 bridgehead atoms. The molecule has 0 fully saturated rings. The summed E-state index contributed by atoms with van der Waals surface area (Å²) in [4.78, 5) is 11.9. The summed E-state index contributed by atoms with van der Waals surface area (Å²) in [6, 6.07) is 9.20. The number of aryl methyl sites for hydroxylation is 1. The van der Waals surface area contributed by atoms with Gasteiger partial charge in [-0.3, -0.25) is 4.79 Å². The van der Waals surface area contributed by atoms with E-state index in [4.69, 9.17) is 5.73 Å². The zero-order valence-corrected chi connectivity index (χ0v) is 13.4. The first kappa shape index (κ1) is 17.6. The third-order valence-electron chi connectivity index (χ3n) is 2.86. The molecule has 0 aliphatic carbocycles. The Morgan fingerprint density at radius 1 is 1.29 bits per heavy atom. The summed E-state index contributed by atoms with van der Waals surface area (Å²) in [6.45, 7) is 2.41. The van der Waals surface area contributed by atoms with E-state index in [1.807, 2.05) is 37.3 Å². The molecule has 0 saturated carbocycles. The number of carbonyl (C=O) groups is 1. The Bertz CT molecular complexity index is 561. The molecule has 2 aromatic rings. The minimum atomic E-state index is -0.545. The zero-order valence-electron chi connectivity index (χ0n) is 11.8. The Hall–Kier alpha value is -1.50. The van der Waals surface area contributed by atoms with Gasteiger partial charge in [-0.2, -0.15) is 0 Å². The van der Waals surface area contributed by atoms with E-state index in [1.165, 1.54) is 11.3 Å². The molecule has 0 saturated heterocycles. The molecule has 114 valence electrons. The van der Waals surface area contributed by atoms with Crippen molar-refractivity contribution in [2.24, 2.45) is 5.73 Å². The quantitative estimate of drug-likeness (QED) is 0.846. The Kier molecular flexibility index (Phi) is 7.28. The van der Waals surface area contributed by atoms with E-state index in [9.17, 15) is 4.79 Å². The van der Waals surface area contributed by atoms with Gasteiger partial charge in [0.05, 0.1) is 12.6 Å². The maximum absolute atomic E-state index is 11.9. The summed E-state index contributed by atoms with van der Waals surface area (Å²) in [6.07, 6.45) is 1.39. The lowest BCUT2D eigenvalue weighted by Crippen LogP contribution is -2.41. The lowest BCUT2D eigenvalue weighted by molar-refractivity contribution is -0.122. The third kappa shape index (κ3) is 5.41. The van der Waals surface area contributed by atoms with Gasteiger partial charge in [0, 0.05) is 0 Å². The van der Waals surface area contributed by atoms with Crippen molar-refractivity contribution < 1.29 is 4.79 Å². The molecule has 1 heterocycles. The van der Waals surface area contributed by atoms with E-state index in [1.54, 1.807) is 0 Å². The summed E-state index contributed by atoms with van der Waals surface area (Å²) >= 11 is 1.51. The van der Waals surface area contributed by atoms with Crippen LogP contribution in [0.15, 0.2) is 30.3 Å². The highest BCUT2D eigenvalue weighted by Crippen LogP contribution is 2.09. The van der Waals surface area contributed by atoms with Crippen molar-refractivity contribution in [1.82, 2.24) is 15.5 Å². The number of carbonyl (C=O) groups excluding carboxylic acids is 1. The van der Waals surface area contributed by atoms with Crippen LogP contribution < -0.4 is 11.1 Å². The van der Waals surface area contributed by atoms with Gasteiger partial charge < -0.3 is 11.1 Å². The monoisotopic (exact) mass is 326 g/mol. The maximum atomic E-state index is 11.9. The Morgan fingerprint density at radius 3 is 2.57 bits per heavy atom. The van der Waals surface area contributed by atoms with Gasteiger partial charge in [0.25, 0.3) is 0 Å². The predicted molar refractivity (Wildman–Crippen MR) is 86.5 cm³/mol. The molecule has 0 unspecified atom stereocenters. The Labute approximate surface area is 134 Å². The molecule has 1 atom stereocenters. The number of hydrogen-bond donors (Lipinski definition) is 2. The Morgan fingerprint density at radius 2 is 1.95 bits per heavy atom. The number of rotatable bonds is 6. The van der Waals surface area contributed by atoms with Gasteiger partial charge in [0.15, 0.2) is 0 Å². The van der Waals surface area contributed by atoms with Crippen LogP contribution in [-0.4, -0.2) is 22.1 Å². The van der Waals surface area contributed by atoms with Crippen molar-refractivity contribution in [3.8, 4) is 0 Å². The zero-order chi connectivity index (χ0) is 14.4. The molecule has 3 N–H and O–H groups in total. The fourth-order valence-electron chi connectivity index (χ4n) is 1.76. The molecule has 0 aliphatic rings. The van der Waals surface area contributed by atoms with Crippen LogP contribution in [0, 0.1) is 0 Å². The molecule has 2 rings (SSSR count). The van der Waals surface area contributed by atoms with Crippen molar-refractivity contribution in [2.45, 2.75) is 32.4 Å². The van der Waals surface area contributed by atoms with Crippen molar-refractivity contribution in [2.75, 3.05) is 0 Å². The van der Waals surface area contributed by atoms with Crippen LogP contribution >= 0.6 is 23.7 Å². The summed E-state index contributed by atoms with van der Waals surface area (Å²) in [5.74, 6) is -0.165. The van der Waals surface area contributed by atoms with E-state index in [0.717, 1.165) is 22.0 Å². The number of benzene rings is 1. The molecular weight excluding hydrogens is 308 g/mol. The first-order valence-electron chi connectivity index (χ1n) is 6.57. The highest BCUT2D eigenvalue weighted by atomic mass is 35.5. The molecule has 0 aliphatic heterocycles. The number of nitrogens with one attached hydrogen (secondary N) is 1. The summed E-state index contributed by atoms with van der Waals surface area (Å²) < 4.78 is 0. The van der Waals surface area contributed by atoms with Gasteiger partial charge in [-0.25, -0.2) is 0 Å². The maximum Gasteiger partial charge on any atom is 0.237 e. The lowest BCUT2D eigenvalue weighted by Gasteiger charge is -2.11. The van der Waals surface area contributed by atoms with Crippen molar-refractivity contribution in [3.05, 3.63) is 45.9 Å². The van der Waals surface area contributed by atoms with E-state index < -0.39 is 6.04 Å². The van der Waals surface area contributed by atoms with Gasteiger partial charge in [-0.05, 0) is 18.4 Å². The first-order valence-corrected chi connectivity index (χ1v) is 7.39. The average molecular weight is 327 g/mol. The van der Waals surface area contributed by atoms with Crippen molar-refractivity contribution in [1.29, 1.82) is 0 Å². The third-order valence-corrected chi connectivity index (χ3v) is 3.93. The molecule has 0 radical (unpaired) electrons. The molecular formula is C14H19ClN4OS. The average Bonchev–Trinajstić information content (AvgIpc) is 2.93. The van der Waals surface area contributed by atoms with Gasteiger partial charge in [0.2, 0.25) is 5.91 Å². The summed E-state index contributed by atoms with van der Waals surface area (Å²) in [7, 11) is 0. The molecule has 1 amide bonds. The summed E-state index contributed by atoms with van der Waals surface area (Å²) in [5, 5.41) is 12.6. The standard InChI is InChI=1S/C14H18N4OS.ClH/c1-2-12-17-18-13(20-12)9-16-14(19)11(15)8-10-6-4-3-5-7-10;/h3-7,11H,2,8-9,15H2,1H3,(H,16,19);1H/t11-;/m0./s1. The molecule has 5 nitrogen and oxygen atoms in total. The topological polar surface area (TPSA) is 80.9 Å². The normalized spacial score (nSPS) is 11.5. The minimum absolute atomic E-state index is 0.